The van der Waals surface area contributed by atoms with Crippen molar-refractivity contribution in [3.05, 3.63) is 67.2 Å². The number of aromatic nitrogens is 2. The van der Waals surface area contributed by atoms with E-state index in [1.54, 1.807) is 44.2 Å². The molecule has 3 rings (SSSR count). The number of hydrogen-bond donors (Lipinski definition) is 2. The van der Waals surface area contributed by atoms with Gasteiger partial charge in [0.1, 0.15) is 16.3 Å². The predicted molar refractivity (Wildman–Crippen MR) is 110 cm³/mol. The van der Waals surface area contributed by atoms with Gasteiger partial charge in [0.15, 0.2) is 0 Å². The summed E-state index contributed by atoms with van der Waals surface area (Å²) in [6.07, 6.45) is -1.09. The third-order valence-corrected chi connectivity index (χ3v) is 5.88. The van der Waals surface area contributed by atoms with Crippen molar-refractivity contribution in [2.45, 2.75) is 33.0 Å². The summed E-state index contributed by atoms with van der Waals surface area (Å²) in [4.78, 5) is 49.7. The number of aliphatic hydroxyl groups is 1. The third-order valence-electron chi connectivity index (χ3n) is 4.59. The molecule has 0 fully saturated rings. The van der Waals surface area contributed by atoms with Crippen molar-refractivity contribution in [2.24, 2.45) is 0 Å². The lowest BCUT2D eigenvalue weighted by Crippen LogP contribution is -2.42. The number of aryl methyl sites for hydroxylation is 1. The van der Waals surface area contributed by atoms with Gasteiger partial charge >= 0.3 is 17.6 Å². The van der Waals surface area contributed by atoms with Gasteiger partial charge in [-0.1, -0.05) is 30.3 Å². The number of benzene rings is 1. The van der Waals surface area contributed by atoms with Gasteiger partial charge in [0.25, 0.3) is 5.56 Å². The number of esters is 1. The maximum Gasteiger partial charge on any atom is 0.348 e. The highest BCUT2D eigenvalue weighted by Crippen LogP contribution is 2.29. The third kappa shape index (κ3) is 3.91. The minimum Gasteiger partial charge on any atom is -0.480 e. The molecular weight excluding hydrogens is 412 g/mol. The van der Waals surface area contributed by atoms with E-state index in [4.69, 9.17) is 9.84 Å². The zero-order chi connectivity index (χ0) is 22.0. The predicted octanol–water partition coefficient (Wildman–Crippen LogP) is 1.53. The van der Waals surface area contributed by atoms with Crippen LogP contribution in [0.4, 0.5) is 0 Å². The first-order valence-corrected chi connectivity index (χ1v) is 9.96. The van der Waals surface area contributed by atoms with E-state index < -0.39 is 35.8 Å². The zero-order valence-electron chi connectivity index (χ0n) is 16.3. The van der Waals surface area contributed by atoms with Gasteiger partial charge in [-0.3, -0.25) is 14.2 Å². The van der Waals surface area contributed by atoms with E-state index in [1.807, 2.05) is 0 Å². The molecule has 0 amide bonds. The van der Waals surface area contributed by atoms with Crippen molar-refractivity contribution >= 4 is 33.5 Å². The number of nitrogens with zero attached hydrogens (tertiary/aromatic N) is 2. The van der Waals surface area contributed by atoms with Crippen LogP contribution in [0.5, 0.6) is 0 Å². The Morgan fingerprint density at radius 1 is 1.17 bits per heavy atom. The van der Waals surface area contributed by atoms with Crippen LogP contribution < -0.4 is 11.2 Å². The fourth-order valence-corrected chi connectivity index (χ4v) is 4.37. The number of hydrogen-bond acceptors (Lipinski definition) is 7. The van der Waals surface area contributed by atoms with Crippen LogP contribution in [0.25, 0.3) is 10.2 Å². The first kappa shape index (κ1) is 21.5. The van der Waals surface area contributed by atoms with Gasteiger partial charge in [-0.15, -0.1) is 11.3 Å². The lowest BCUT2D eigenvalue weighted by atomic mass is 10.1. The van der Waals surface area contributed by atoms with Gasteiger partial charge in [0.05, 0.1) is 24.6 Å². The molecular formula is C20H20N2O7S. The number of carbonyl (C=O) groups excluding carboxylic acids is 1. The van der Waals surface area contributed by atoms with E-state index in [1.165, 1.54) is 0 Å². The van der Waals surface area contributed by atoms with E-state index >= 15 is 0 Å². The van der Waals surface area contributed by atoms with E-state index in [9.17, 15) is 24.3 Å². The fourth-order valence-electron chi connectivity index (χ4n) is 3.18. The second-order valence-corrected chi connectivity index (χ2v) is 7.56. The number of aliphatic carboxylic acids is 1. The summed E-state index contributed by atoms with van der Waals surface area (Å²) >= 11 is 0.908. The summed E-state index contributed by atoms with van der Waals surface area (Å²) in [6.45, 7) is 2.27. The van der Waals surface area contributed by atoms with Crippen molar-refractivity contribution < 1.29 is 24.5 Å². The fraction of sp³-hybridized carbons (Fsp3) is 0.300. The first-order chi connectivity index (χ1) is 14.3. The van der Waals surface area contributed by atoms with Crippen LogP contribution in [0.15, 0.2) is 39.9 Å². The zero-order valence-corrected chi connectivity index (χ0v) is 17.1. The number of fused-ring (bicyclic) bond motifs is 1. The summed E-state index contributed by atoms with van der Waals surface area (Å²) in [5.41, 5.74) is -0.818. The Labute approximate surface area is 174 Å². The minimum atomic E-state index is -1.36. The molecule has 2 heterocycles. The van der Waals surface area contributed by atoms with Crippen LogP contribution in [0, 0.1) is 6.92 Å². The Morgan fingerprint density at radius 3 is 2.43 bits per heavy atom. The molecule has 10 heteroatoms. The molecule has 30 heavy (non-hydrogen) atoms. The van der Waals surface area contributed by atoms with Gasteiger partial charge in [-0.2, -0.15) is 0 Å². The van der Waals surface area contributed by atoms with Crippen LogP contribution in [0.1, 0.15) is 33.8 Å². The number of aliphatic hydroxyl groups excluding tert-OH is 1. The summed E-state index contributed by atoms with van der Waals surface area (Å²) in [6, 6.07) is 8.61. The molecule has 0 bridgehead atoms. The average Bonchev–Trinajstić information content (AvgIpc) is 3.06. The Morgan fingerprint density at radius 2 is 1.83 bits per heavy atom. The number of carboxylic acids is 1. The van der Waals surface area contributed by atoms with E-state index in [2.05, 4.69) is 0 Å². The van der Waals surface area contributed by atoms with Gasteiger partial charge in [0.2, 0.25) is 0 Å². The van der Waals surface area contributed by atoms with Gasteiger partial charge in [-0.05, 0) is 25.0 Å². The highest BCUT2D eigenvalue weighted by Gasteiger charge is 2.25. The van der Waals surface area contributed by atoms with Crippen molar-refractivity contribution in [2.75, 3.05) is 6.61 Å². The van der Waals surface area contributed by atoms with Crippen molar-refractivity contribution in [1.29, 1.82) is 0 Å². The number of thiophene rings is 1. The molecule has 0 aliphatic carbocycles. The molecule has 3 aromatic rings. The van der Waals surface area contributed by atoms with Gasteiger partial charge in [-0.25, -0.2) is 14.2 Å². The van der Waals surface area contributed by atoms with Gasteiger partial charge in [0, 0.05) is 0 Å². The highest BCUT2D eigenvalue weighted by atomic mass is 32.1. The van der Waals surface area contributed by atoms with Crippen LogP contribution in [0.3, 0.4) is 0 Å². The van der Waals surface area contributed by atoms with Crippen molar-refractivity contribution in [3.8, 4) is 0 Å². The SMILES string of the molecule is CCOC(=O)c1sc2c(c1C)c(=O)n(CC(=O)O)c(=O)n2C[C@H](O)c1ccccc1. The topological polar surface area (TPSA) is 128 Å². The van der Waals surface area contributed by atoms with Crippen LogP contribution >= 0.6 is 11.3 Å². The second kappa shape index (κ2) is 8.64. The molecule has 0 radical (unpaired) electrons. The number of carbonyl (C=O) groups is 2. The largest absolute Gasteiger partial charge is 0.480 e. The van der Waals surface area contributed by atoms with Crippen molar-refractivity contribution in [1.82, 2.24) is 9.13 Å². The number of carboxylic acid groups (broad SMARTS) is 1. The van der Waals surface area contributed by atoms with Crippen LogP contribution in [0.2, 0.25) is 0 Å². The lowest BCUT2D eigenvalue weighted by molar-refractivity contribution is -0.137. The maximum atomic E-state index is 13.0. The molecule has 0 aliphatic heterocycles. The van der Waals surface area contributed by atoms with Crippen molar-refractivity contribution in [3.63, 3.8) is 0 Å². The van der Waals surface area contributed by atoms with Gasteiger partial charge < -0.3 is 14.9 Å². The quantitative estimate of drug-likeness (QED) is 0.542. The van der Waals surface area contributed by atoms with E-state index in [0.29, 0.717) is 15.7 Å². The molecule has 0 unspecified atom stereocenters. The molecule has 0 aliphatic rings. The number of rotatable bonds is 7. The van der Waals surface area contributed by atoms with Crippen LogP contribution in [-0.4, -0.2) is 37.9 Å². The second-order valence-electron chi connectivity index (χ2n) is 6.56. The lowest BCUT2D eigenvalue weighted by Gasteiger charge is -2.15. The molecule has 0 spiro atoms. The standard InChI is InChI=1S/C20H20N2O7S/c1-3-29-19(27)16-11(2)15-17(26)21(10-14(24)25)20(28)22(18(15)30-16)9-13(23)12-7-5-4-6-8-12/h4-8,13,23H,3,9-10H2,1-2H3,(H,24,25)/t13-/m0/s1. The molecule has 1 atom stereocenters. The summed E-state index contributed by atoms with van der Waals surface area (Å²) < 4.78 is 6.76. The normalized spacial score (nSPS) is 12.1. The Bertz CT molecular complexity index is 1220. The number of ether oxygens (including phenoxy) is 1. The Kier molecular flexibility index (Phi) is 6.18. The molecule has 9 nitrogen and oxygen atoms in total. The Balaban J connectivity index is 2.26. The Hall–Kier alpha value is -3.24. The monoisotopic (exact) mass is 432 g/mol. The highest BCUT2D eigenvalue weighted by molar-refractivity contribution is 7.20. The molecule has 2 N–H and O–H groups in total. The summed E-state index contributed by atoms with van der Waals surface area (Å²) in [7, 11) is 0. The minimum absolute atomic E-state index is 0.0594. The smallest absolute Gasteiger partial charge is 0.348 e. The molecule has 2 aromatic heterocycles. The van der Waals surface area contributed by atoms with E-state index in [0.717, 1.165) is 15.9 Å². The molecule has 0 saturated heterocycles. The molecule has 1 aromatic carbocycles. The summed E-state index contributed by atoms with van der Waals surface area (Å²) in [5, 5.41) is 19.8. The summed E-state index contributed by atoms with van der Waals surface area (Å²) in [5.74, 6) is -2.00. The molecule has 0 saturated carbocycles. The van der Waals surface area contributed by atoms with E-state index in [-0.39, 0.29) is 28.2 Å². The maximum absolute atomic E-state index is 13.0. The average molecular weight is 432 g/mol. The van der Waals surface area contributed by atoms with Crippen LogP contribution in [-0.2, 0) is 22.6 Å². The first-order valence-electron chi connectivity index (χ1n) is 9.14. The molecule has 158 valence electrons.